The van der Waals surface area contributed by atoms with Gasteiger partial charge in [-0.15, -0.1) is 0 Å². The molecule has 1 saturated heterocycles. The summed E-state index contributed by atoms with van der Waals surface area (Å²) in [6.07, 6.45) is 0.826. The third-order valence-electron chi connectivity index (χ3n) is 4.23. The van der Waals surface area contributed by atoms with Gasteiger partial charge in [0.15, 0.2) is 0 Å². The van der Waals surface area contributed by atoms with Gasteiger partial charge in [-0.25, -0.2) is 4.79 Å². The van der Waals surface area contributed by atoms with E-state index in [1.165, 1.54) is 4.90 Å². The van der Waals surface area contributed by atoms with E-state index in [2.05, 4.69) is 0 Å². The maximum atomic E-state index is 12.4. The third kappa shape index (κ3) is 3.18. The maximum Gasteiger partial charge on any atom is 0.320 e. The Bertz CT molecular complexity index is 357. The van der Waals surface area contributed by atoms with Gasteiger partial charge in [-0.2, -0.15) is 0 Å². The molecule has 0 aromatic heterocycles. The van der Waals surface area contributed by atoms with E-state index < -0.39 is 17.9 Å². The average Bonchev–Trinajstić information content (AvgIpc) is 2.85. The molecule has 0 aromatic rings. The highest BCUT2D eigenvalue weighted by molar-refractivity contribution is 5.77. The van der Waals surface area contributed by atoms with Crippen LogP contribution in [0.3, 0.4) is 0 Å². The van der Waals surface area contributed by atoms with Crippen LogP contribution in [0.4, 0.5) is 4.79 Å². The zero-order valence-corrected chi connectivity index (χ0v) is 12.3. The van der Waals surface area contributed by atoms with Crippen LogP contribution in [0.5, 0.6) is 0 Å². The molecule has 0 bridgehead atoms. The average molecular weight is 272 g/mol. The van der Waals surface area contributed by atoms with E-state index in [1.807, 2.05) is 20.8 Å². The Morgan fingerprint density at radius 2 is 1.89 bits per heavy atom. The number of amides is 2. The van der Waals surface area contributed by atoms with E-state index >= 15 is 0 Å². The van der Waals surface area contributed by atoms with Crippen LogP contribution in [-0.2, 0) is 9.53 Å². The number of hydrogen-bond acceptors (Lipinski definition) is 3. The molecular formula is C13H24N2O4. The highest BCUT2D eigenvalue weighted by Gasteiger charge is 2.40. The van der Waals surface area contributed by atoms with Crippen LogP contribution in [0.1, 0.15) is 27.2 Å². The second kappa shape index (κ2) is 5.77. The number of likely N-dealkylation sites (N-methyl/N-ethyl adjacent to an activating group) is 1. The first-order valence-electron chi connectivity index (χ1n) is 6.53. The van der Waals surface area contributed by atoms with E-state index in [0.717, 1.165) is 6.42 Å². The highest BCUT2D eigenvalue weighted by atomic mass is 16.5. The standard InChI is InChI=1S/C13H24N2O4/c1-6-13(2,3)15(5)12(18)14(4)10-8-19-7-9(10)11(16)17/h9-10H,6-8H2,1-5H3,(H,16,17). The van der Waals surface area contributed by atoms with Gasteiger partial charge in [0.1, 0.15) is 5.92 Å². The van der Waals surface area contributed by atoms with Crippen molar-refractivity contribution in [3.63, 3.8) is 0 Å². The van der Waals surface area contributed by atoms with Gasteiger partial charge in [0.2, 0.25) is 0 Å². The van der Waals surface area contributed by atoms with Gasteiger partial charge in [-0.3, -0.25) is 4.79 Å². The Kier molecular flexibility index (Phi) is 4.79. The van der Waals surface area contributed by atoms with Crippen molar-refractivity contribution in [2.45, 2.75) is 38.8 Å². The number of carbonyl (C=O) groups excluding carboxylic acids is 1. The lowest BCUT2D eigenvalue weighted by atomic mass is 9.99. The van der Waals surface area contributed by atoms with Crippen LogP contribution in [0.2, 0.25) is 0 Å². The minimum Gasteiger partial charge on any atom is -0.481 e. The second-order valence-corrected chi connectivity index (χ2v) is 5.67. The molecule has 1 heterocycles. The summed E-state index contributed by atoms with van der Waals surface area (Å²) in [6.45, 7) is 6.43. The van der Waals surface area contributed by atoms with Gasteiger partial charge in [0.05, 0.1) is 19.3 Å². The fraction of sp³-hybridized carbons (Fsp3) is 0.846. The molecule has 19 heavy (non-hydrogen) atoms. The number of carboxylic acid groups (broad SMARTS) is 1. The predicted molar refractivity (Wildman–Crippen MR) is 71.0 cm³/mol. The largest absolute Gasteiger partial charge is 0.481 e. The molecule has 1 aliphatic rings. The van der Waals surface area contributed by atoms with Gasteiger partial charge in [0.25, 0.3) is 0 Å². The zero-order chi connectivity index (χ0) is 14.8. The molecule has 1 rings (SSSR count). The third-order valence-corrected chi connectivity index (χ3v) is 4.23. The van der Waals surface area contributed by atoms with Crippen LogP contribution in [0.25, 0.3) is 0 Å². The molecule has 0 aromatic carbocycles. The summed E-state index contributed by atoms with van der Waals surface area (Å²) in [5.41, 5.74) is -0.260. The van der Waals surface area contributed by atoms with E-state index in [1.54, 1.807) is 19.0 Å². The molecule has 0 radical (unpaired) electrons. The number of hydrogen-bond donors (Lipinski definition) is 1. The van der Waals surface area contributed by atoms with Gasteiger partial charge in [-0.05, 0) is 20.3 Å². The topological polar surface area (TPSA) is 70.1 Å². The van der Waals surface area contributed by atoms with Crippen molar-refractivity contribution in [1.82, 2.24) is 9.80 Å². The van der Waals surface area contributed by atoms with E-state index in [-0.39, 0.29) is 24.8 Å². The molecule has 110 valence electrons. The Morgan fingerprint density at radius 3 is 2.37 bits per heavy atom. The Balaban J connectivity index is 2.79. The SMILES string of the molecule is CCC(C)(C)N(C)C(=O)N(C)C1COCC1C(=O)O. The zero-order valence-electron chi connectivity index (χ0n) is 12.3. The van der Waals surface area contributed by atoms with Crippen LogP contribution in [0.15, 0.2) is 0 Å². The Morgan fingerprint density at radius 1 is 1.32 bits per heavy atom. The minimum atomic E-state index is -0.917. The number of rotatable bonds is 4. The number of carbonyl (C=O) groups is 2. The molecular weight excluding hydrogens is 248 g/mol. The summed E-state index contributed by atoms with van der Waals surface area (Å²) in [6, 6.07) is -0.575. The van der Waals surface area contributed by atoms with Crippen molar-refractivity contribution in [3.8, 4) is 0 Å². The number of ether oxygens (including phenoxy) is 1. The first-order valence-corrected chi connectivity index (χ1v) is 6.53. The molecule has 2 atom stereocenters. The highest BCUT2D eigenvalue weighted by Crippen LogP contribution is 2.23. The van der Waals surface area contributed by atoms with Crippen molar-refractivity contribution < 1.29 is 19.4 Å². The van der Waals surface area contributed by atoms with Crippen molar-refractivity contribution in [3.05, 3.63) is 0 Å². The lowest BCUT2D eigenvalue weighted by Gasteiger charge is -2.39. The van der Waals surface area contributed by atoms with Crippen molar-refractivity contribution in [2.24, 2.45) is 5.92 Å². The van der Waals surface area contributed by atoms with E-state index in [4.69, 9.17) is 9.84 Å². The lowest BCUT2D eigenvalue weighted by Crippen LogP contribution is -2.54. The maximum absolute atomic E-state index is 12.4. The van der Waals surface area contributed by atoms with Crippen molar-refractivity contribution >= 4 is 12.0 Å². The normalized spacial score (nSPS) is 23.2. The predicted octanol–water partition coefficient (Wildman–Crippen LogP) is 1.26. The molecule has 1 fully saturated rings. The Labute approximate surface area is 114 Å². The van der Waals surface area contributed by atoms with Crippen molar-refractivity contribution in [2.75, 3.05) is 27.3 Å². The quantitative estimate of drug-likeness (QED) is 0.836. The summed E-state index contributed by atoms with van der Waals surface area (Å²) in [5.74, 6) is -1.56. The molecule has 0 spiro atoms. The Hall–Kier alpha value is -1.30. The fourth-order valence-corrected chi connectivity index (χ4v) is 2.04. The first-order chi connectivity index (χ1) is 8.72. The summed E-state index contributed by atoms with van der Waals surface area (Å²) in [7, 11) is 3.38. The number of urea groups is 1. The smallest absolute Gasteiger partial charge is 0.320 e. The first kappa shape index (κ1) is 15.8. The van der Waals surface area contributed by atoms with Crippen molar-refractivity contribution in [1.29, 1.82) is 0 Å². The van der Waals surface area contributed by atoms with Gasteiger partial charge >= 0.3 is 12.0 Å². The molecule has 6 heteroatoms. The molecule has 6 nitrogen and oxygen atoms in total. The van der Waals surface area contributed by atoms with E-state index in [9.17, 15) is 9.59 Å². The summed E-state index contributed by atoms with van der Waals surface area (Å²) < 4.78 is 5.20. The second-order valence-electron chi connectivity index (χ2n) is 5.67. The van der Waals surface area contributed by atoms with Crippen LogP contribution in [0, 0.1) is 5.92 Å². The van der Waals surface area contributed by atoms with Gasteiger partial charge < -0.3 is 19.6 Å². The number of nitrogens with zero attached hydrogens (tertiary/aromatic N) is 2. The summed E-state index contributed by atoms with van der Waals surface area (Å²) >= 11 is 0. The summed E-state index contributed by atoms with van der Waals surface area (Å²) in [4.78, 5) is 26.7. The van der Waals surface area contributed by atoms with Gasteiger partial charge in [-0.1, -0.05) is 6.92 Å². The van der Waals surface area contributed by atoms with Crippen LogP contribution < -0.4 is 0 Å². The fourth-order valence-electron chi connectivity index (χ4n) is 2.04. The van der Waals surface area contributed by atoms with Crippen LogP contribution >= 0.6 is 0 Å². The molecule has 1 N–H and O–H groups in total. The number of aliphatic carboxylic acids is 1. The monoisotopic (exact) mass is 272 g/mol. The minimum absolute atomic E-state index is 0.165. The number of carboxylic acids is 1. The van der Waals surface area contributed by atoms with Crippen LogP contribution in [-0.4, -0.2) is 65.8 Å². The summed E-state index contributed by atoms with van der Waals surface area (Å²) in [5, 5.41) is 9.13. The molecule has 0 aliphatic carbocycles. The van der Waals surface area contributed by atoms with Gasteiger partial charge in [0, 0.05) is 19.6 Å². The molecule has 2 unspecified atom stereocenters. The molecule has 2 amide bonds. The van der Waals surface area contributed by atoms with E-state index in [0.29, 0.717) is 0 Å². The molecule has 1 aliphatic heterocycles. The molecule has 0 saturated carbocycles. The lowest BCUT2D eigenvalue weighted by molar-refractivity contribution is -0.142.